The predicted molar refractivity (Wildman–Crippen MR) is 69.0 cm³/mol. The molecule has 86 valence electrons. The summed E-state index contributed by atoms with van der Waals surface area (Å²) in [4.78, 5) is 0. The molecule has 0 aromatic carbocycles. The summed E-state index contributed by atoms with van der Waals surface area (Å²) in [6.45, 7) is 6.45. The van der Waals surface area contributed by atoms with Crippen molar-refractivity contribution in [3.05, 3.63) is 33.3 Å². The topological polar surface area (TPSA) is 25.8 Å². The quantitative estimate of drug-likeness (QED) is 0.797. The van der Waals surface area contributed by atoms with Crippen LogP contribution in [0, 0.1) is 0 Å². The number of hydrogen-bond acceptors (Lipinski definition) is 3. The summed E-state index contributed by atoms with van der Waals surface area (Å²) in [5.74, 6) is 0.446. The molecular formula is C12H15ClN2S. The third kappa shape index (κ3) is 2.20. The fourth-order valence-corrected chi connectivity index (χ4v) is 2.69. The van der Waals surface area contributed by atoms with Crippen molar-refractivity contribution in [1.82, 2.24) is 10.2 Å². The molecule has 2 nitrogen and oxygen atoms in total. The first-order valence-electron chi connectivity index (χ1n) is 5.40. The molecule has 0 amide bonds. The second-order valence-corrected chi connectivity index (χ2v) is 6.09. The summed E-state index contributed by atoms with van der Waals surface area (Å²) < 4.78 is 0. The van der Waals surface area contributed by atoms with Gasteiger partial charge in [-0.15, -0.1) is 21.5 Å². The van der Waals surface area contributed by atoms with Crippen molar-refractivity contribution in [1.29, 1.82) is 0 Å². The molecule has 0 fully saturated rings. The number of hydrogen-bond donors (Lipinski definition) is 0. The van der Waals surface area contributed by atoms with Crippen LogP contribution in [-0.2, 0) is 5.41 Å². The lowest BCUT2D eigenvalue weighted by molar-refractivity contribution is 0.586. The Hall–Kier alpha value is -0.670. The number of halogens is 1. The minimum absolute atomic E-state index is 0.0385. The molecule has 0 N–H and O–H groups in total. The zero-order valence-electron chi connectivity index (χ0n) is 9.70. The highest BCUT2D eigenvalue weighted by Gasteiger charge is 2.29. The molecule has 4 heteroatoms. The molecular weight excluding hydrogens is 240 g/mol. The average molecular weight is 255 g/mol. The van der Waals surface area contributed by atoms with Gasteiger partial charge >= 0.3 is 0 Å². The monoisotopic (exact) mass is 254 g/mol. The molecule has 0 bridgehead atoms. The van der Waals surface area contributed by atoms with E-state index in [1.165, 1.54) is 0 Å². The summed E-state index contributed by atoms with van der Waals surface area (Å²) in [5.41, 5.74) is -0.0385. The van der Waals surface area contributed by atoms with Crippen molar-refractivity contribution >= 4 is 22.9 Å². The van der Waals surface area contributed by atoms with Crippen LogP contribution in [0.3, 0.4) is 0 Å². The van der Waals surface area contributed by atoms with E-state index in [-0.39, 0.29) is 5.41 Å². The van der Waals surface area contributed by atoms with Crippen molar-refractivity contribution in [2.45, 2.75) is 38.5 Å². The van der Waals surface area contributed by atoms with Crippen molar-refractivity contribution in [3.8, 4) is 0 Å². The molecule has 1 atom stereocenters. The molecule has 0 saturated carbocycles. The third-order valence-electron chi connectivity index (χ3n) is 2.75. The minimum Gasteiger partial charge on any atom is -0.143 e. The predicted octanol–water partition coefficient (Wildman–Crippen LogP) is 4.00. The Morgan fingerprint density at radius 3 is 2.69 bits per heavy atom. The number of aromatic nitrogens is 2. The van der Waals surface area contributed by atoms with Crippen LogP contribution in [0.25, 0.3) is 0 Å². The molecule has 2 rings (SSSR count). The maximum absolute atomic E-state index is 5.93. The lowest BCUT2D eigenvalue weighted by Crippen LogP contribution is -2.19. The van der Waals surface area contributed by atoms with Crippen LogP contribution in [0.2, 0.25) is 0 Å². The summed E-state index contributed by atoms with van der Waals surface area (Å²) in [6, 6.07) is 0. The van der Waals surface area contributed by atoms with E-state index < -0.39 is 0 Å². The summed E-state index contributed by atoms with van der Waals surface area (Å²) in [7, 11) is 0. The van der Waals surface area contributed by atoms with Crippen LogP contribution in [0.1, 0.15) is 43.1 Å². The minimum atomic E-state index is -0.0385. The molecule has 1 aromatic rings. The molecule has 0 aliphatic heterocycles. The Kier molecular flexibility index (Phi) is 3.17. The normalized spacial score (nSPS) is 24.9. The Bertz CT molecular complexity index is 448. The first kappa shape index (κ1) is 11.8. The van der Waals surface area contributed by atoms with Gasteiger partial charge in [0.15, 0.2) is 0 Å². The largest absolute Gasteiger partial charge is 0.143 e. The van der Waals surface area contributed by atoms with Crippen molar-refractivity contribution in [2.24, 2.45) is 0 Å². The lowest BCUT2D eigenvalue weighted by Gasteiger charge is -2.23. The molecule has 1 unspecified atom stereocenters. The van der Waals surface area contributed by atoms with Gasteiger partial charge in [-0.2, -0.15) is 0 Å². The van der Waals surface area contributed by atoms with E-state index in [2.05, 4.69) is 37.0 Å². The van der Waals surface area contributed by atoms with Crippen molar-refractivity contribution < 1.29 is 0 Å². The van der Waals surface area contributed by atoms with Gasteiger partial charge in [-0.3, -0.25) is 0 Å². The van der Waals surface area contributed by atoms with E-state index in [0.717, 1.165) is 21.5 Å². The standard InChI is InChI=1S/C12H15ClN2S/c1-8(2)10-14-15-11(16-10)12(3)6-4-9(13)5-7-12/h4-6,8H,7H2,1-3H3. The van der Waals surface area contributed by atoms with Crippen molar-refractivity contribution in [2.75, 3.05) is 0 Å². The molecule has 1 heterocycles. The third-order valence-corrected chi connectivity index (χ3v) is 4.54. The Labute approximate surface area is 105 Å². The number of allylic oxidation sites excluding steroid dienone is 4. The first-order chi connectivity index (χ1) is 7.51. The van der Waals surface area contributed by atoms with E-state index in [4.69, 9.17) is 11.6 Å². The van der Waals surface area contributed by atoms with Crippen LogP contribution < -0.4 is 0 Å². The van der Waals surface area contributed by atoms with Gasteiger partial charge in [-0.05, 0) is 19.4 Å². The Morgan fingerprint density at radius 1 is 1.44 bits per heavy atom. The van der Waals surface area contributed by atoms with E-state index in [0.29, 0.717) is 5.92 Å². The molecule has 0 saturated heterocycles. The zero-order valence-corrected chi connectivity index (χ0v) is 11.3. The summed E-state index contributed by atoms with van der Waals surface area (Å²) >= 11 is 7.63. The second kappa shape index (κ2) is 4.30. The van der Waals surface area contributed by atoms with Crippen LogP contribution in [-0.4, -0.2) is 10.2 Å². The van der Waals surface area contributed by atoms with Gasteiger partial charge in [0.25, 0.3) is 0 Å². The second-order valence-electron chi connectivity index (χ2n) is 4.64. The van der Waals surface area contributed by atoms with Gasteiger partial charge in [0.2, 0.25) is 0 Å². The molecule has 1 aliphatic rings. The molecule has 16 heavy (non-hydrogen) atoms. The van der Waals surface area contributed by atoms with Gasteiger partial charge in [0.1, 0.15) is 10.0 Å². The highest BCUT2D eigenvalue weighted by molar-refractivity contribution is 7.11. The van der Waals surface area contributed by atoms with Crippen LogP contribution in [0.4, 0.5) is 0 Å². The smallest absolute Gasteiger partial charge is 0.127 e. The van der Waals surface area contributed by atoms with Gasteiger partial charge in [-0.1, -0.05) is 37.6 Å². The van der Waals surface area contributed by atoms with E-state index in [1.54, 1.807) is 11.3 Å². The maximum Gasteiger partial charge on any atom is 0.127 e. The van der Waals surface area contributed by atoms with Gasteiger partial charge in [-0.25, -0.2) is 0 Å². The maximum atomic E-state index is 5.93. The van der Waals surface area contributed by atoms with E-state index >= 15 is 0 Å². The summed E-state index contributed by atoms with van der Waals surface area (Å²) in [5, 5.41) is 11.5. The Morgan fingerprint density at radius 2 is 2.19 bits per heavy atom. The highest BCUT2D eigenvalue weighted by atomic mass is 35.5. The van der Waals surface area contributed by atoms with Gasteiger partial charge in [0.05, 0.1) is 0 Å². The molecule has 1 aromatic heterocycles. The number of rotatable bonds is 2. The average Bonchev–Trinajstić information content (AvgIpc) is 2.72. The molecule has 0 spiro atoms. The lowest BCUT2D eigenvalue weighted by atomic mass is 9.84. The summed E-state index contributed by atoms with van der Waals surface area (Å²) in [6.07, 6.45) is 7.01. The zero-order chi connectivity index (χ0) is 11.8. The first-order valence-corrected chi connectivity index (χ1v) is 6.59. The van der Waals surface area contributed by atoms with Gasteiger partial charge < -0.3 is 0 Å². The van der Waals surface area contributed by atoms with E-state index in [1.807, 2.05) is 12.2 Å². The highest BCUT2D eigenvalue weighted by Crippen LogP contribution is 2.36. The fraction of sp³-hybridized carbons (Fsp3) is 0.500. The van der Waals surface area contributed by atoms with Crippen LogP contribution in [0.5, 0.6) is 0 Å². The van der Waals surface area contributed by atoms with Gasteiger partial charge in [0, 0.05) is 16.4 Å². The number of nitrogens with zero attached hydrogens (tertiary/aromatic N) is 2. The molecule has 1 aliphatic carbocycles. The van der Waals surface area contributed by atoms with E-state index in [9.17, 15) is 0 Å². The van der Waals surface area contributed by atoms with Crippen LogP contribution >= 0.6 is 22.9 Å². The Balaban J connectivity index is 2.27. The SMILES string of the molecule is CC(C)c1nnc(C2(C)C=CC(Cl)=CC2)s1. The molecule has 0 radical (unpaired) electrons. The van der Waals surface area contributed by atoms with Crippen LogP contribution in [0.15, 0.2) is 23.3 Å². The van der Waals surface area contributed by atoms with Crippen molar-refractivity contribution in [3.63, 3.8) is 0 Å². The fourth-order valence-electron chi connectivity index (χ4n) is 1.57.